The highest BCUT2D eigenvalue weighted by Crippen LogP contribution is 2.57. The zero-order chi connectivity index (χ0) is 72.6. The first-order chi connectivity index (χ1) is 47.4. The van der Waals surface area contributed by atoms with E-state index in [1.165, 1.54) is 39.9 Å². The summed E-state index contributed by atoms with van der Waals surface area (Å²) in [5, 5.41) is 52.5. The predicted octanol–water partition coefficient (Wildman–Crippen LogP) is 5.89. The van der Waals surface area contributed by atoms with E-state index in [4.69, 9.17) is 44.6 Å². The van der Waals surface area contributed by atoms with Crippen LogP contribution in [0.3, 0.4) is 0 Å². The number of amides is 3. The second-order valence-electron chi connectivity index (χ2n) is 29.5. The minimum Gasteiger partial charge on any atom is -0.480 e. The van der Waals surface area contributed by atoms with E-state index in [1.807, 2.05) is 13.8 Å². The number of ether oxygens (including phenoxy) is 7. The highest BCUT2D eigenvalue weighted by Gasteiger charge is 2.65. The fourth-order valence-corrected chi connectivity index (χ4v) is 18.2. The third-order valence-corrected chi connectivity index (χ3v) is 24.3. The number of aromatic nitrogens is 4. The minimum atomic E-state index is -1.60. The van der Waals surface area contributed by atoms with Crippen LogP contribution >= 0.6 is 21.6 Å². The van der Waals surface area contributed by atoms with Crippen molar-refractivity contribution in [2.24, 2.45) is 53.1 Å². The number of nitrogens with two attached hydrogens (primary N) is 2. The molecule has 6 saturated heterocycles. The summed E-state index contributed by atoms with van der Waals surface area (Å²) in [6, 6.07) is 3.38. The van der Waals surface area contributed by atoms with Gasteiger partial charge in [0.15, 0.2) is 22.7 Å². The van der Waals surface area contributed by atoms with Crippen LogP contribution in [0.5, 0.6) is 0 Å². The van der Waals surface area contributed by atoms with Crippen LogP contribution < -0.4 is 38.3 Å². The predicted molar refractivity (Wildman–Crippen MR) is 374 cm³/mol. The van der Waals surface area contributed by atoms with Crippen molar-refractivity contribution in [1.29, 1.82) is 0 Å². The number of methoxy groups -OCH3 is 1. The van der Waals surface area contributed by atoms with Crippen molar-refractivity contribution in [2.75, 3.05) is 49.4 Å². The summed E-state index contributed by atoms with van der Waals surface area (Å²) in [5.41, 5.74) is 10.8. The van der Waals surface area contributed by atoms with Crippen molar-refractivity contribution in [3.63, 3.8) is 0 Å². The Balaban J connectivity index is 0.692. The average molecular weight is 1440 g/mol. The zero-order valence-corrected chi connectivity index (χ0v) is 60.9. The number of carboxylic acids is 2. The summed E-state index contributed by atoms with van der Waals surface area (Å²) in [6.45, 7) is 19.1. The lowest BCUT2D eigenvalue weighted by atomic mass is 9.78. The quantitative estimate of drug-likeness (QED) is 0.0256. The first-order valence-electron chi connectivity index (χ1n) is 35.5. The lowest BCUT2D eigenvalue weighted by Gasteiger charge is -2.50. The number of aliphatic carboxylic acids is 2. The van der Waals surface area contributed by atoms with E-state index in [1.54, 1.807) is 19.2 Å². The highest BCUT2D eigenvalue weighted by molar-refractivity contribution is 8.76. The molecule has 13 N–H and O–H groups in total. The molecule has 1 aromatic carbocycles. The van der Waals surface area contributed by atoms with E-state index in [9.17, 15) is 54.0 Å². The van der Waals surface area contributed by atoms with Crippen LogP contribution in [-0.4, -0.2) is 198 Å². The standard InChI is InChI=1S/C70H106N10O18S2/c1-36-13-19-48(29-49-30-52(92-10)42(7)70(95-49)40(5)31-68(9,98-70)54-21-22-67(8,96-54)58-38(3)27-53(94-58)57-37(2)26-39(4)69(91,35-81)97-57)93-56(36)41(6)60(83)73-24-25-99-100-34-51(65(89)90)78-62(85)44(12-11-23-71)28-47(82)18-20-50(64(87)88)77-61(84)43-14-16-45(17-15-43)74-32-46-33-75-59-55(76-46)63(86)80-66(72)79-59/h14-17,33,36-42,44,48-54,56-58,74,81,91H,11-13,18-32,34-35,71H2,1-10H3,(H,73,83)(H,77,84)(H,78,85)(H,87,88)(H,89,90)(H3,72,75,79,80,86)/t36-,37-,38-,39+,40+,41+,42+,44?,48+,49+,50-,51-,52+,53+,54?,56?,57+,58+,67-,68+,69-,70+/m0/s1. The van der Waals surface area contributed by atoms with E-state index in [-0.39, 0.29) is 157 Å². The fraction of sp³-hybridized carbons (Fsp3) is 0.743. The molecular weight excluding hydrogens is 1330 g/mol. The molecule has 100 heavy (non-hydrogen) atoms. The first-order valence-corrected chi connectivity index (χ1v) is 38.0. The summed E-state index contributed by atoms with van der Waals surface area (Å²) in [7, 11) is 4.30. The van der Waals surface area contributed by atoms with E-state index in [2.05, 4.69) is 89.7 Å². The number of aliphatic hydroxyl groups is 2. The Hall–Kier alpha value is -5.64. The molecule has 6 fully saturated rings. The molecule has 6 aliphatic heterocycles. The summed E-state index contributed by atoms with van der Waals surface area (Å²) in [5.74, 6) is -8.18. The Kier molecular flexibility index (Phi) is 26.6. The number of Topliss-reactive ketones (excluding diaryl/α,β-unsaturated/α-hetero) is 1. The molecule has 8 heterocycles. The molecule has 0 aliphatic carbocycles. The van der Waals surface area contributed by atoms with Crippen LogP contribution in [0.1, 0.15) is 168 Å². The van der Waals surface area contributed by atoms with Gasteiger partial charge in [-0.2, -0.15) is 4.98 Å². The SMILES string of the molecule is CO[C@@H]1C[C@@H](C[C@H]2CC[C@H](C)C([C@@H](C)C(=O)NCCSSC[C@H](NC(=O)C(CCCN)CC(=O)CC[C@H](NC(=O)c3ccc(NCc4cnc5nc(N)[nH]c(=O)c5n4)cc3)C(=O)O)C(=O)O)O2)O[C@]2(O[C@@](C)(C3CC[C@@](C)([C@@H]4O[C@@H]([C@@H]5O[C@@](O)(CO)[C@H](C)C[C@@H]5C)C[C@@H]4C)O3)C[C@H]2C)[C@@H]1C. The smallest absolute Gasteiger partial charge is 0.327 e. The number of nitrogens with zero attached hydrogens (tertiary/aromatic N) is 3. The van der Waals surface area contributed by atoms with Crippen LogP contribution in [0.4, 0.5) is 11.6 Å². The monoisotopic (exact) mass is 1440 g/mol. The van der Waals surface area contributed by atoms with Gasteiger partial charge >= 0.3 is 11.9 Å². The maximum atomic E-state index is 13.8. The first kappa shape index (κ1) is 78.5. The highest BCUT2D eigenvalue weighted by atomic mass is 33.1. The second-order valence-corrected chi connectivity index (χ2v) is 32.2. The van der Waals surface area contributed by atoms with E-state index in [0.29, 0.717) is 49.4 Å². The van der Waals surface area contributed by atoms with Crippen molar-refractivity contribution >= 4 is 79.8 Å². The third kappa shape index (κ3) is 18.5. The maximum absolute atomic E-state index is 13.8. The Morgan fingerprint density at radius 2 is 1.58 bits per heavy atom. The van der Waals surface area contributed by atoms with Crippen LogP contribution in [0.2, 0.25) is 0 Å². The normalized spacial score (nSPS) is 34.1. The van der Waals surface area contributed by atoms with Gasteiger partial charge in [0, 0.05) is 85.8 Å². The minimum absolute atomic E-state index is 0.000907. The number of anilines is 2. The summed E-state index contributed by atoms with van der Waals surface area (Å²) < 4.78 is 48.0. The molecule has 9 rings (SSSR count). The molecule has 3 unspecified atom stereocenters. The van der Waals surface area contributed by atoms with Crippen molar-refractivity contribution in [3.05, 3.63) is 52.1 Å². The number of aliphatic hydroxyl groups excluding tert-OH is 1. The average Bonchev–Trinajstić information content (AvgIpc) is 1.56. The van der Waals surface area contributed by atoms with E-state index >= 15 is 0 Å². The lowest BCUT2D eigenvalue weighted by molar-refractivity contribution is -0.353. The van der Waals surface area contributed by atoms with Crippen molar-refractivity contribution in [1.82, 2.24) is 35.9 Å². The molecule has 0 saturated carbocycles. The zero-order valence-electron chi connectivity index (χ0n) is 59.2. The van der Waals surface area contributed by atoms with Gasteiger partial charge in [0.1, 0.15) is 17.9 Å². The number of fused-ring (bicyclic) bond motifs is 1. The maximum Gasteiger partial charge on any atom is 0.327 e. The molecule has 0 bridgehead atoms. The number of hydrogen-bond acceptors (Lipinski definition) is 24. The Morgan fingerprint density at radius 1 is 0.840 bits per heavy atom. The van der Waals surface area contributed by atoms with Gasteiger partial charge in [-0.25, -0.2) is 19.6 Å². The van der Waals surface area contributed by atoms with Gasteiger partial charge < -0.3 is 86.3 Å². The summed E-state index contributed by atoms with van der Waals surface area (Å²) in [6.07, 6.45) is 5.80. The van der Waals surface area contributed by atoms with Gasteiger partial charge in [-0.3, -0.25) is 29.0 Å². The largest absolute Gasteiger partial charge is 0.480 e. The van der Waals surface area contributed by atoms with Gasteiger partial charge in [-0.1, -0.05) is 70.1 Å². The van der Waals surface area contributed by atoms with E-state index < -0.39 is 88.4 Å². The molecule has 30 heteroatoms. The third-order valence-electron chi connectivity index (χ3n) is 21.9. The number of nitrogen functional groups attached to an aromatic ring is 1. The number of nitrogens with one attached hydrogen (secondary N) is 5. The van der Waals surface area contributed by atoms with Crippen LogP contribution in [0.25, 0.3) is 11.2 Å². The van der Waals surface area contributed by atoms with Crippen LogP contribution in [0.15, 0.2) is 35.3 Å². The number of benzene rings is 1. The van der Waals surface area contributed by atoms with E-state index in [0.717, 1.165) is 38.5 Å². The molecule has 3 aromatic rings. The molecule has 556 valence electrons. The number of carbonyl (C=O) groups is 6. The fourth-order valence-electron chi connectivity index (χ4n) is 16.2. The lowest BCUT2D eigenvalue weighted by Crippen LogP contribution is -2.58. The number of hydrogen-bond donors (Lipinski definition) is 11. The number of H-pyrrole nitrogens is 1. The molecule has 0 radical (unpaired) electrons. The van der Waals surface area contributed by atoms with Crippen LogP contribution in [-0.2, 0) is 63.7 Å². The number of rotatable bonds is 32. The van der Waals surface area contributed by atoms with Gasteiger partial charge in [0.2, 0.25) is 17.8 Å². The molecule has 28 nitrogen and oxygen atoms in total. The number of ketones is 1. The van der Waals surface area contributed by atoms with Gasteiger partial charge in [-0.15, -0.1) is 0 Å². The molecule has 6 aliphatic rings. The van der Waals surface area contributed by atoms with Crippen LogP contribution in [0, 0.1) is 47.3 Å². The Bertz CT molecular complexity index is 3400. The molecular formula is C70H106N10O18S2. The number of carbonyl (C=O) groups excluding carboxylic acids is 4. The van der Waals surface area contributed by atoms with Crippen molar-refractivity contribution in [2.45, 2.75) is 242 Å². The molecule has 2 aromatic heterocycles. The molecule has 3 amide bonds. The number of carboxylic acid groups (broad SMARTS) is 2. The van der Waals surface area contributed by atoms with Gasteiger partial charge in [0.05, 0.1) is 91.0 Å². The van der Waals surface area contributed by atoms with Crippen molar-refractivity contribution < 1.29 is 82.4 Å². The summed E-state index contributed by atoms with van der Waals surface area (Å²) in [4.78, 5) is 106. The number of aromatic amines is 1. The Morgan fingerprint density at radius 3 is 2.28 bits per heavy atom. The topological polar surface area (TPSA) is 420 Å². The van der Waals surface area contributed by atoms with Crippen molar-refractivity contribution in [3.8, 4) is 0 Å². The molecule has 22 atom stereocenters. The van der Waals surface area contributed by atoms with Gasteiger partial charge in [0.25, 0.3) is 11.5 Å². The van der Waals surface area contributed by atoms with Gasteiger partial charge in [-0.05, 0) is 127 Å². The second kappa shape index (κ2) is 33.9. The summed E-state index contributed by atoms with van der Waals surface area (Å²) >= 11 is 0. The molecule has 1 spiro atoms. The Labute approximate surface area is 592 Å².